The molecule has 0 saturated heterocycles. The lowest BCUT2D eigenvalue weighted by molar-refractivity contribution is -0.166. The fraction of sp³-hybridized carbons (Fsp3) is 0.455. The van der Waals surface area contributed by atoms with Gasteiger partial charge in [-0.25, -0.2) is 0 Å². The van der Waals surface area contributed by atoms with Crippen molar-refractivity contribution in [3.8, 4) is 0 Å². The van der Waals surface area contributed by atoms with Crippen molar-refractivity contribution in [3.05, 3.63) is 24.3 Å². The molecule has 0 N–H and O–H groups in total. The lowest BCUT2D eigenvalue weighted by Gasteiger charge is -2.23. The minimum absolute atomic E-state index is 0.218. The third-order valence-electron chi connectivity index (χ3n) is 2.39. The number of hydrogen-bond donors (Lipinski definition) is 0. The molecule has 2 atom stereocenters. The second-order valence-corrected chi connectivity index (χ2v) is 5.37. The molecular formula is C11H12F3OS2+. The van der Waals surface area contributed by atoms with Crippen LogP contribution in [0.1, 0.15) is 0 Å². The molecule has 0 fully saturated rings. The maximum atomic E-state index is 13.0. The number of halogens is 3. The summed E-state index contributed by atoms with van der Waals surface area (Å²) in [5, 5.41) is 0. The molecule has 1 nitrogen and oxygen atoms in total. The van der Waals surface area contributed by atoms with Gasteiger partial charge in [-0.3, -0.25) is 4.79 Å². The van der Waals surface area contributed by atoms with Crippen molar-refractivity contribution < 1.29 is 18.0 Å². The summed E-state index contributed by atoms with van der Waals surface area (Å²) < 4.78 is 39.4. The van der Waals surface area contributed by atoms with Crippen LogP contribution >= 0.6 is 11.8 Å². The molecule has 0 amide bonds. The monoisotopic (exact) mass is 281 g/mol. The van der Waals surface area contributed by atoms with Gasteiger partial charge in [0.2, 0.25) is 4.20 Å². The molecule has 0 aliphatic heterocycles. The van der Waals surface area contributed by atoms with Crippen LogP contribution in [-0.2, 0) is 16.1 Å². The summed E-state index contributed by atoms with van der Waals surface area (Å²) in [6.45, 7) is 0. The van der Waals surface area contributed by atoms with E-state index in [-0.39, 0.29) is 4.20 Å². The number of rotatable bonds is 2. The fourth-order valence-corrected chi connectivity index (χ4v) is 3.37. The fourth-order valence-electron chi connectivity index (χ4n) is 1.64. The maximum Gasteiger partial charge on any atom is 0.402 e. The van der Waals surface area contributed by atoms with E-state index in [1.165, 1.54) is 24.3 Å². The Morgan fingerprint density at radius 1 is 1.47 bits per heavy atom. The molecule has 0 heterocycles. The van der Waals surface area contributed by atoms with Crippen LogP contribution in [0.3, 0.4) is 0 Å². The van der Waals surface area contributed by atoms with Crippen molar-refractivity contribution in [1.82, 2.24) is 0 Å². The first-order valence-electron chi connectivity index (χ1n) is 4.82. The van der Waals surface area contributed by atoms with Gasteiger partial charge in [0.15, 0.2) is 29.3 Å². The third kappa shape index (κ3) is 3.42. The summed E-state index contributed by atoms with van der Waals surface area (Å²) in [5.74, 6) is -3.34. The number of ketones is 1. The Kier molecular flexibility index (Phi) is 4.94. The van der Waals surface area contributed by atoms with Gasteiger partial charge in [0, 0.05) is 0 Å². The second kappa shape index (κ2) is 5.82. The Hall–Kier alpha value is -0.620. The average molecular weight is 281 g/mol. The van der Waals surface area contributed by atoms with Crippen molar-refractivity contribution >= 4 is 33.1 Å². The van der Waals surface area contributed by atoms with E-state index >= 15 is 0 Å². The van der Waals surface area contributed by atoms with Gasteiger partial charge in [0.25, 0.3) is 0 Å². The number of carbonyl (C=O) groups is 1. The van der Waals surface area contributed by atoms with Crippen molar-refractivity contribution in [1.29, 1.82) is 0 Å². The highest BCUT2D eigenvalue weighted by Crippen LogP contribution is 2.37. The first-order valence-corrected chi connectivity index (χ1v) is 7.27. The molecule has 0 aromatic rings. The Bertz CT molecular complexity index is 383. The van der Waals surface area contributed by atoms with E-state index in [2.05, 4.69) is 0 Å². The predicted octanol–water partition coefficient (Wildman–Crippen LogP) is 2.68. The summed E-state index contributed by atoms with van der Waals surface area (Å²) >= 11 is 2.10. The Morgan fingerprint density at radius 3 is 2.53 bits per heavy atom. The van der Waals surface area contributed by atoms with Gasteiger partial charge < -0.3 is 0 Å². The minimum Gasteiger partial charge on any atom is -0.294 e. The number of carbonyl (C=O) groups excluding carboxylic acids is 1. The van der Waals surface area contributed by atoms with E-state index in [1.807, 2.05) is 0 Å². The highest BCUT2D eigenvalue weighted by atomic mass is 32.2. The number of allylic oxidation sites excluding steroid dienone is 4. The molecule has 94 valence electrons. The second-order valence-electron chi connectivity index (χ2n) is 3.42. The standard InChI is InChI=1S/C11H12F3OS2/c1-16-10(17-2)9(11(12,13)14)7-5-3-4-6-8(7)15/h3-7,9H,1-2H3/q+1. The topological polar surface area (TPSA) is 17.1 Å². The highest BCUT2D eigenvalue weighted by Gasteiger charge is 2.52. The van der Waals surface area contributed by atoms with Gasteiger partial charge in [-0.1, -0.05) is 30.0 Å². The first-order chi connectivity index (χ1) is 7.91. The van der Waals surface area contributed by atoms with E-state index in [1.54, 1.807) is 12.5 Å². The smallest absolute Gasteiger partial charge is 0.294 e. The molecule has 0 saturated carbocycles. The highest BCUT2D eigenvalue weighted by molar-refractivity contribution is 8.22. The van der Waals surface area contributed by atoms with Crippen LogP contribution in [0.15, 0.2) is 24.3 Å². The van der Waals surface area contributed by atoms with Gasteiger partial charge in [0.1, 0.15) is 0 Å². The van der Waals surface area contributed by atoms with Crippen molar-refractivity contribution in [2.75, 3.05) is 12.5 Å². The number of hydrogen-bond acceptors (Lipinski definition) is 2. The molecule has 6 heteroatoms. The van der Waals surface area contributed by atoms with Crippen LogP contribution in [0.5, 0.6) is 0 Å². The lowest BCUT2D eigenvalue weighted by atomic mass is 9.86. The van der Waals surface area contributed by atoms with Gasteiger partial charge in [-0.05, 0) is 12.3 Å². The van der Waals surface area contributed by atoms with Gasteiger partial charge in [-0.15, -0.1) is 0 Å². The number of thioether (sulfide) groups is 1. The minimum atomic E-state index is -4.41. The zero-order valence-corrected chi connectivity index (χ0v) is 11.0. The first kappa shape index (κ1) is 14.4. The summed E-state index contributed by atoms with van der Waals surface area (Å²) in [6.07, 6.45) is 4.26. The summed E-state index contributed by atoms with van der Waals surface area (Å²) in [5.41, 5.74) is 0. The molecule has 2 unspecified atom stereocenters. The van der Waals surface area contributed by atoms with Gasteiger partial charge >= 0.3 is 6.18 Å². The molecule has 0 aromatic heterocycles. The number of alkyl halides is 3. The summed E-state index contributed by atoms with van der Waals surface area (Å²) in [4.78, 5) is 11.5. The van der Waals surface area contributed by atoms with Crippen molar-refractivity contribution in [3.63, 3.8) is 0 Å². The molecule has 0 bridgehead atoms. The van der Waals surface area contributed by atoms with E-state index in [9.17, 15) is 18.0 Å². The third-order valence-corrected chi connectivity index (χ3v) is 4.70. The van der Waals surface area contributed by atoms with Gasteiger partial charge in [0.05, 0.1) is 5.92 Å². The summed E-state index contributed by atoms with van der Waals surface area (Å²) in [6, 6.07) is 0. The zero-order valence-electron chi connectivity index (χ0n) is 9.32. The maximum absolute atomic E-state index is 13.0. The molecular weight excluding hydrogens is 269 g/mol. The van der Waals surface area contributed by atoms with Crippen LogP contribution in [0.4, 0.5) is 13.2 Å². The van der Waals surface area contributed by atoms with Crippen LogP contribution in [0.25, 0.3) is 0 Å². The van der Waals surface area contributed by atoms with Crippen molar-refractivity contribution in [2.24, 2.45) is 11.8 Å². The molecule has 0 radical (unpaired) electrons. The predicted molar refractivity (Wildman–Crippen MR) is 68.1 cm³/mol. The molecule has 0 aromatic carbocycles. The van der Waals surface area contributed by atoms with Crippen LogP contribution in [0.2, 0.25) is 0 Å². The molecule has 1 aliphatic carbocycles. The average Bonchev–Trinajstić information content (AvgIpc) is 2.25. The van der Waals surface area contributed by atoms with Crippen LogP contribution in [0, 0.1) is 11.8 Å². The molecule has 0 spiro atoms. The lowest BCUT2D eigenvalue weighted by Crippen LogP contribution is -2.39. The SMILES string of the molecule is CSC(=[S+]C)C(C1C=CC=CC1=O)C(F)(F)F. The Balaban J connectivity index is 3.12. The molecule has 1 aliphatic rings. The van der Waals surface area contributed by atoms with E-state index in [0.717, 1.165) is 23.1 Å². The molecule has 17 heavy (non-hydrogen) atoms. The van der Waals surface area contributed by atoms with Gasteiger partial charge in [-0.2, -0.15) is 13.2 Å². The van der Waals surface area contributed by atoms with Crippen molar-refractivity contribution in [2.45, 2.75) is 6.18 Å². The zero-order chi connectivity index (χ0) is 13.1. The normalized spacial score (nSPS) is 23.0. The Labute approximate surface area is 106 Å². The Morgan fingerprint density at radius 2 is 2.12 bits per heavy atom. The largest absolute Gasteiger partial charge is 0.402 e. The molecule has 1 rings (SSSR count). The van der Waals surface area contributed by atoms with E-state index in [4.69, 9.17) is 0 Å². The van der Waals surface area contributed by atoms with Crippen LogP contribution in [-0.4, -0.2) is 28.7 Å². The quantitative estimate of drug-likeness (QED) is 0.572. The summed E-state index contributed by atoms with van der Waals surface area (Å²) in [7, 11) is 0. The van der Waals surface area contributed by atoms with Crippen LogP contribution < -0.4 is 0 Å². The van der Waals surface area contributed by atoms with E-state index in [0.29, 0.717) is 0 Å². The van der Waals surface area contributed by atoms with E-state index < -0.39 is 23.8 Å².